The highest BCUT2D eigenvalue weighted by molar-refractivity contribution is 6.28. The summed E-state index contributed by atoms with van der Waals surface area (Å²) in [6.07, 6.45) is 4.86. The Labute approximate surface area is 121 Å². The average Bonchev–Trinajstić information content (AvgIpc) is 2.91. The fourth-order valence-electron chi connectivity index (χ4n) is 1.41. The minimum atomic E-state index is -0.0618. The van der Waals surface area contributed by atoms with Crippen molar-refractivity contribution in [1.82, 2.24) is 29.4 Å². The van der Waals surface area contributed by atoms with Gasteiger partial charge in [0.25, 0.3) is 0 Å². The van der Waals surface area contributed by atoms with Gasteiger partial charge in [0.15, 0.2) is 0 Å². The van der Waals surface area contributed by atoms with E-state index in [2.05, 4.69) is 19.9 Å². The van der Waals surface area contributed by atoms with Gasteiger partial charge in [-0.25, -0.2) is 4.98 Å². The van der Waals surface area contributed by atoms with Crippen LogP contribution in [0.1, 0.15) is 0 Å². The Hall–Kier alpha value is -2.22. The summed E-state index contributed by atoms with van der Waals surface area (Å²) in [6.45, 7) is 0.150. The Kier molecular flexibility index (Phi) is 4.14. The molecule has 0 spiro atoms. The van der Waals surface area contributed by atoms with Gasteiger partial charge in [-0.15, -0.1) is 0 Å². The number of hydrogen-bond acceptors (Lipinski definition) is 6. The van der Waals surface area contributed by atoms with E-state index in [0.717, 1.165) is 0 Å². The van der Waals surface area contributed by atoms with E-state index in [1.54, 1.807) is 49.3 Å². The largest absolute Gasteiger partial charge is 0.347 e. The maximum atomic E-state index is 11.7. The predicted octanol–water partition coefficient (Wildman–Crippen LogP) is 0.235. The molecule has 0 radical (unpaired) electrons. The topological polar surface area (TPSA) is 80.0 Å². The van der Waals surface area contributed by atoms with Gasteiger partial charge in [0.2, 0.25) is 23.1 Å². The van der Waals surface area contributed by atoms with E-state index in [9.17, 15) is 4.79 Å². The fourth-order valence-corrected chi connectivity index (χ4v) is 1.56. The third kappa shape index (κ3) is 3.21. The highest BCUT2D eigenvalue weighted by Gasteiger charge is 2.14. The van der Waals surface area contributed by atoms with Crippen molar-refractivity contribution in [2.45, 2.75) is 0 Å². The number of amides is 1. The molecule has 2 aromatic rings. The molecule has 0 N–H and O–H groups in total. The van der Waals surface area contributed by atoms with E-state index >= 15 is 0 Å². The first kappa shape index (κ1) is 14.2. The zero-order valence-electron chi connectivity index (χ0n) is 11.4. The number of carbonyl (C=O) groups excluding carboxylic acids is 1. The lowest BCUT2D eigenvalue weighted by Crippen LogP contribution is -2.35. The fraction of sp³-hybridized carbons (Fsp3) is 0.364. The minimum absolute atomic E-state index is 0.0582. The molecule has 0 atom stereocenters. The van der Waals surface area contributed by atoms with Crippen molar-refractivity contribution in [1.29, 1.82) is 0 Å². The molecule has 2 rings (SSSR count). The monoisotopic (exact) mass is 295 g/mol. The molecule has 20 heavy (non-hydrogen) atoms. The van der Waals surface area contributed by atoms with Crippen LogP contribution in [0, 0.1) is 0 Å². The van der Waals surface area contributed by atoms with Gasteiger partial charge < -0.3 is 9.80 Å². The number of aromatic nitrogens is 5. The Balaban J connectivity index is 2.26. The smallest absolute Gasteiger partial charge is 0.241 e. The minimum Gasteiger partial charge on any atom is -0.347 e. The summed E-state index contributed by atoms with van der Waals surface area (Å²) >= 11 is 5.89. The van der Waals surface area contributed by atoms with Gasteiger partial charge >= 0.3 is 0 Å². The number of imidazole rings is 1. The van der Waals surface area contributed by atoms with Crippen molar-refractivity contribution >= 4 is 23.5 Å². The van der Waals surface area contributed by atoms with E-state index in [4.69, 9.17) is 11.6 Å². The van der Waals surface area contributed by atoms with Crippen LogP contribution in [0.4, 0.5) is 5.95 Å². The molecule has 0 aliphatic carbocycles. The first-order chi connectivity index (χ1) is 9.47. The zero-order chi connectivity index (χ0) is 14.7. The lowest BCUT2D eigenvalue weighted by atomic mass is 10.5. The predicted molar refractivity (Wildman–Crippen MR) is 73.9 cm³/mol. The summed E-state index contributed by atoms with van der Waals surface area (Å²) in [5.41, 5.74) is 0. The number of halogens is 1. The van der Waals surface area contributed by atoms with E-state index in [0.29, 0.717) is 11.9 Å². The molecule has 0 aliphatic heterocycles. The summed E-state index contributed by atoms with van der Waals surface area (Å²) < 4.78 is 1.61. The molecule has 9 heteroatoms. The molecular formula is C11H14ClN7O. The molecule has 0 aromatic carbocycles. The Bertz CT molecular complexity index is 599. The summed E-state index contributed by atoms with van der Waals surface area (Å²) in [5.74, 6) is 0.610. The molecule has 0 saturated heterocycles. The number of hydrogen-bond donors (Lipinski definition) is 0. The van der Waals surface area contributed by atoms with E-state index in [1.807, 2.05) is 0 Å². The van der Waals surface area contributed by atoms with Crippen LogP contribution >= 0.6 is 11.6 Å². The van der Waals surface area contributed by atoms with Crippen LogP contribution in [0.15, 0.2) is 18.7 Å². The first-order valence-electron chi connectivity index (χ1n) is 5.78. The van der Waals surface area contributed by atoms with Gasteiger partial charge in [-0.2, -0.15) is 15.0 Å². The summed E-state index contributed by atoms with van der Waals surface area (Å²) in [5, 5.41) is 0.0582. The van der Waals surface area contributed by atoms with Crippen LogP contribution in [-0.2, 0) is 4.79 Å². The standard InChI is InChI=1S/C11H14ClN7O/c1-17(2)8(20)6-18(3)10-14-9(12)15-11(16-10)19-5-4-13-7-19/h4-5,7H,6H2,1-3H3. The molecule has 0 bridgehead atoms. The lowest BCUT2D eigenvalue weighted by molar-refractivity contribution is -0.127. The highest BCUT2D eigenvalue weighted by atomic mass is 35.5. The second kappa shape index (κ2) is 5.83. The first-order valence-corrected chi connectivity index (χ1v) is 6.16. The number of rotatable bonds is 4. The van der Waals surface area contributed by atoms with Gasteiger partial charge in [0.1, 0.15) is 6.33 Å². The van der Waals surface area contributed by atoms with Crippen molar-refractivity contribution in [2.24, 2.45) is 0 Å². The lowest BCUT2D eigenvalue weighted by Gasteiger charge is -2.19. The SMILES string of the molecule is CN(C)C(=O)CN(C)c1nc(Cl)nc(-n2ccnc2)n1. The molecule has 2 aromatic heterocycles. The molecule has 0 fully saturated rings. The van der Waals surface area contributed by atoms with Gasteiger partial charge in [0.05, 0.1) is 6.54 Å². The second-order valence-corrected chi connectivity index (χ2v) is 4.66. The molecule has 0 unspecified atom stereocenters. The summed E-state index contributed by atoms with van der Waals surface area (Å²) in [6, 6.07) is 0. The van der Waals surface area contributed by atoms with Crippen molar-refractivity contribution in [3.63, 3.8) is 0 Å². The summed E-state index contributed by atoms with van der Waals surface area (Å²) in [4.78, 5) is 31.0. The molecular weight excluding hydrogens is 282 g/mol. The van der Waals surface area contributed by atoms with E-state index in [-0.39, 0.29) is 17.7 Å². The molecule has 2 heterocycles. The summed E-state index contributed by atoms with van der Waals surface area (Å²) in [7, 11) is 5.09. The van der Waals surface area contributed by atoms with Gasteiger partial charge in [0, 0.05) is 33.5 Å². The number of carbonyl (C=O) groups is 1. The Morgan fingerprint density at radius 1 is 1.30 bits per heavy atom. The highest BCUT2D eigenvalue weighted by Crippen LogP contribution is 2.12. The number of nitrogens with zero attached hydrogens (tertiary/aromatic N) is 7. The van der Waals surface area contributed by atoms with E-state index in [1.165, 1.54) is 4.90 Å². The number of anilines is 1. The van der Waals surface area contributed by atoms with Gasteiger partial charge in [-0.05, 0) is 11.6 Å². The molecule has 106 valence electrons. The van der Waals surface area contributed by atoms with Crippen molar-refractivity contribution in [3.8, 4) is 5.95 Å². The van der Waals surface area contributed by atoms with Crippen molar-refractivity contribution in [2.75, 3.05) is 32.6 Å². The van der Waals surface area contributed by atoms with Crippen LogP contribution in [-0.4, -0.2) is 63.0 Å². The van der Waals surface area contributed by atoms with Crippen molar-refractivity contribution in [3.05, 3.63) is 24.0 Å². The Morgan fingerprint density at radius 2 is 2.05 bits per heavy atom. The van der Waals surface area contributed by atoms with Gasteiger partial charge in [-0.1, -0.05) is 0 Å². The van der Waals surface area contributed by atoms with Crippen LogP contribution < -0.4 is 4.90 Å². The van der Waals surface area contributed by atoms with Crippen LogP contribution in [0.3, 0.4) is 0 Å². The van der Waals surface area contributed by atoms with Gasteiger partial charge in [-0.3, -0.25) is 9.36 Å². The Morgan fingerprint density at radius 3 is 2.65 bits per heavy atom. The quantitative estimate of drug-likeness (QED) is 0.803. The third-order valence-corrected chi connectivity index (χ3v) is 2.70. The molecule has 0 aliphatic rings. The van der Waals surface area contributed by atoms with E-state index < -0.39 is 0 Å². The molecule has 8 nitrogen and oxygen atoms in total. The van der Waals surface area contributed by atoms with Crippen LogP contribution in [0.25, 0.3) is 5.95 Å². The van der Waals surface area contributed by atoms with Crippen LogP contribution in [0.2, 0.25) is 5.28 Å². The molecule has 0 saturated carbocycles. The maximum Gasteiger partial charge on any atom is 0.241 e. The van der Waals surface area contributed by atoms with Crippen LogP contribution in [0.5, 0.6) is 0 Å². The van der Waals surface area contributed by atoms with Crippen molar-refractivity contribution < 1.29 is 4.79 Å². The normalized spacial score (nSPS) is 10.4. The second-order valence-electron chi connectivity index (χ2n) is 4.32. The zero-order valence-corrected chi connectivity index (χ0v) is 12.1. The third-order valence-electron chi connectivity index (χ3n) is 2.53. The number of likely N-dealkylation sites (N-methyl/N-ethyl adjacent to an activating group) is 2. The molecule has 1 amide bonds. The maximum absolute atomic E-state index is 11.7. The average molecular weight is 296 g/mol.